The third-order valence-corrected chi connectivity index (χ3v) is 2.71. The average molecular weight is 214 g/mol. The van der Waals surface area contributed by atoms with Crippen molar-refractivity contribution in [2.24, 2.45) is 0 Å². The lowest BCUT2D eigenvalue weighted by Crippen LogP contribution is -2.03. The third-order valence-electron chi connectivity index (χ3n) is 1.79. The first-order valence-corrected chi connectivity index (χ1v) is 4.99. The summed E-state index contributed by atoms with van der Waals surface area (Å²) in [4.78, 5) is 0. The van der Waals surface area contributed by atoms with Crippen LogP contribution in [0.15, 0.2) is 42.6 Å². The second kappa shape index (κ2) is 5.20. The van der Waals surface area contributed by atoms with Gasteiger partial charge in [0.2, 0.25) is 0 Å². The van der Waals surface area contributed by atoms with E-state index in [-0.39, 0.29) is 12.4 Å². The molecule has 2 rings (SSSR count). The highest BCUT2D eigenvalue weighted by molar-refractivity contribution is 7.97. The molecule has 0 aromatic heterocycles. The van der Waals surface area contributed by atoms with Crippen LogP contribution in [0.25, 0.3) is 0 Å². The lowest BCUT2D eigenvalue weighted by atomic mass is 10.2. The number of rotatable bonds is 2. The maximum absolute atomic E-state index is 2.26. The number of hydrogen-bond acceptors (Lipinski definition) is 2. The average Bonchev–Trinajstić information content (AvgIpc) is 2.59. The number of nitrogens with zero attached hydrogens (tertiary/aromatic N) is 1. The van der Waals surface area contributed by atoms with Crippen LogP contribution >= 0.6 is 24.4 Å². The SMILES string of the molecule is C1=CN(Cc2ccccc2)SC1.Cl. The minimum Gasteiger partial charge on any atom is -0.319 e. The van der Waals surface area contributed by atoms with Gasteiger partial charge in [-0.1, -0.05) is 36.4 Å². The Kier molecular flexibility index (Phi) is 4.19. The fourth-order valence-electron chi connectivity index (χ4n) is 1.20. The zero-order valence-electron chi connectivity index (χ0n) is 7.22. The Labute approximate surface area is 89.4 Å². The topological polar surface area (TPSA) is 3.24 Å². The van der Waals surface area contributed by atoms with Gasteiger partial charge in [-0.15, -0.1) is 12.4 Å². The van der Waals surface area contributed by atoms with Gasteiger partial charge in [-0.25, -0.2) is 0 Å². The highest BCUT2D eigenvalue weighted by Gasteiger charge is 2.04. The van der Waals surface area contributed by atoms with Gasteiger partial charge in [-0.05, 0) is 17.5 Å². The molecule has 3 heteroatoms. The molecule has 0 N–H and O–H groups in total. The van der Waals surface area contributed by atoms with Crippen molar-refractivity contribution in [3.63, 3.8) is 0 Å². The van der Waals surface area contributed by atoms with Crippen molar-refractivity contribution in [3.05, 3.63) is 48.2 Å². The van der Waals surface area contributed by atoms with Crippen LogP contribution in [0.1, 0.15) is 5.56 Å². The molecule has 1 aromatic rings. The molecule has 0 saturated heterocycles. The molecule has 1 aromatic carbocycles. The number of hydrogen-bond donors (Lipinski definition) is 0. The molecule has 0 amide bonds. The predicted octanol–water partition coefficient (Wildman–Crippen LogP) is 3.09. The molecule has 70 valence electrons. The smallest absolute Gasteiger partial charge is 0.0539 e. The summed E-state index contributed by atoms with van der Waals surface area (Å²) >= 11 is 1.86. The highest BCUT2D eigenvalue weighted by Crippen LogP contribution is 2.20. The third kappa shape index (κ3) is 2.98. The lowest BCUT2D eigenvalue weighted by Gasteiger charge is -2.13. The Balaban J connectivity index is 0.000000845. The molecule has 0 atom stereocenters. The van der Waals surface area contributed by atoms with Crippen molar-refractivity contribution in [2.45, 2.75) is 6.54 Å². The minimum atomic E-state index is 0. The van der Waals surface area contributed by atoms with Crippen molar-refractivity contribution in [2.75, 3.05) is 5.75 Å². The minimum absolute atomic E-state index is 0. The van der Waals surface area contributed by atoms with E-state index in [1.54, 1.807) is 0 Å². The maximum atomic E-state index is 2.26. The summed E-state index contributed by atoms with van der Waals surface area (Å²) in [6.45, 7) is 1.02. The van der Waals surface area contributed by atoms with Gasteiger partial charge in [-0.2, -0.15) is 0 Å². The normalized spacial score (nSPS) is 14.3. The molecule has 0 unspecified atom stereocenters. The molecule has 0 radical (unpaired) electrons. The zero-order chi connectivity index (χ0) is 8.23. The van der Waals surface area contributed by atoms with Gasteiger partial charge in [0.15, 0.2) is 0 Å². The maximum Gasteiger partial charge on any atom is 0.0539 e. The molecule has 1 aliphatic heterocycles. The molecule has 0 aliphatic carbocycles. The zero-order valence-corrected chi connectivity index (χ0v) is 8.85. The predicted molar refractivity (Wildman–Crippen MR) is 60.8 cm³/mol. The summed E-state index contributed by atoms with van der Waals surface area (Å²) in [5.41, 5.74) is 1.37. The second-order valence-corrected chi connectivity index (χ2v) is 3.80. The summed E-state index contributed by atoms with van der Waals surface area (Å²) in [6.07, 6.45) is 4.34. The largest absolute Gasteiger partial charge is 0.319 e. The molecule has 0 spiro atoms. The van der Waals surface area contributed by atoms with E-state index in [1.165, 1.54) is 5.56 Å². The second-order valence-electron chi connectivity index (χ2n) is 2.74. The van der Waals surface area contributed by atoms with E-state index in [9.17, 15) is 0 Å². The lowest BCUT2D eigenvalue weighted by molar-refractivity contribution is 0.628. The first kappa shape index (κ1) is 10.5. The molecule has 0 fully saturated rings. The van der Waals surface area contributed by atoms with Gasteiger partial charge in [0.05, 0.1) is 6.54 Å². The van der Waals surface area contributed by atoms with E-state index in [2.05, 4.69) is 46.9 Å². The van der Waals surface area contributed by atoms with E-state index in [0.29, 0.717) is 0 Å². The van der Waals surface area contributed by atoms with Gasteiger partial charge in [-0.3, -0.25) is 0 Å². The van der Waals surface area contributed by atoms with Crippen LogP contribution in [-0.2, 0) is 6.54 Å². The van der Waals surface area contributed by atoms with Crippen molar-refractivity contribution in [1.82, 2.24) is 4.31 Å². The molecule has 13 heavy (non-hydrogen) atoms. The summed E-state index contributed by atoms with van der Waals surface area (Å²) < 4.78 is 2.26. The Morgan fingerprint density at radius 3 is 2.62 bits per heavy atom. The van der Waals surface area contributed by atoms with Crippen molar-refractivity contribution in [1.29, 1.82) is 0 Å². The van der Waals surface area contributed by atoms with Gasteiger partial charge in [0, 0.05) is 12.0 Å². The highest BCUT2D eigenvalue weighted by atomic mass is 35.5. The quantitative estimate of drug-likeness (QED) is 0.695. The van der Waals surface area contributed by atoms with Gasteiger partial charge >= 0.3 is 0 Å². The monoisotopic (exact) mass is 213 g/mol. The van der Waals surface area contributed by atoms with Crippen molar-refractivity contribution in [3.8, 4) is 0 Å². The Bertz CT molecular complexity index is 274. The molecule has 0 saturated carbocycles. The molecule has 0 bridgehead atoms. The fraction of sp³-hybridized carbons (Fsp3) is 0.200. The molecular weight excluding hydrogens is 202 g/mol. The van der Waals surface area contributed by atoms with Crippen LogP contribution in [-0.4, -0.2) is 10.1 Å². The molecule has 1 aliphatic rings. The molecular formula is C10H12ClNS. The van der Waals surface area contributed by atoms with Gasteiger partial charge in [0.1, 0.15) is 0 Å². The number of benzene rings is 1. The summed E-state index contributed by atoms with van der Waals surface area (Å²) in [5, 5.41) is 0. The standard InChI is InChI=1S/C10H11NS.ClH/c1-2-5-10(6-3-1)9-11-7-4-8-12-11;/h1-7H,8-9H2;1H. The van der Waals surface area contributed by atoms with Crippen molar-refractivity contribution >= 4 is 24.4 Å². The summed E-state index contributed by atoms with van der Waals surface area (Å²) in [5.74, 6) is 1.12. The summed E-state index contributed by atoms with van der Waals surface area (Å²) in [7, 11) is 0. The van der Waals surface area contributed by atoms with E-state index in [4.69, 9.17) is 0 Å². The molecule has 1 nitrogen and oxygen atoms in total. The van der Waals surface area contributed by atoms with Crippen LogP contribution < -0.4 is 0 Å². The van der Waals surface area contributed by atoms with E-state index < -0.39 is 0 Å². The Hall–Kier alpha value is -0.600. The number of halogens is 1. The molecule has 1 heterocycles. The Morgan fingerprint density at radius 2 is 2.00 bits per heavy atom. The van der Waals surface area contributed by atoms with Gasteiger partial charge in [0.25, 0.3) is 0 Å². The van der Waals surface area contributed by atoms with Crippen LogP contribution in [0.3, 0.4) is 0 Å². The van der Waals surface area contributed by atoms with E-state index in [0.717, 1.165) is 12.3 Å². The van der Waals surface area contributed by atoms with Gasteiger partial charge < -0.3 is 4.31 Å². The van der Waals surface area contributed by atoms with Crippen LogP contribution in [0.4, 0.5) is 0 Å². The van der Waals surface area contributed by atoms with Crippen molar-refractivity contribution < 1.29 is 0 Å². The fourth-order valence-corrected chi connectivity index (χ4v) is 1.98. The summed E-state index contributed by atoms with van der Waals surface area (Å²) in [6, 6.07) is 10.5. The first-order valence-electron chi connectivity index (χ1n) is 4.05. The van der Waals surface area contributed by atoms with E-state index in [1.807, 2.05) is 11.9 Å². The van der Waals surface area contributed by atoms with Crippen LogP contribution in [0.2, 0.25) is 0 Å². The van der Waals surface area contributed by atoms with Crippen LogP contribution in [0, 0.1) is 0 Å². The van der Waals surface area contributed by atoms with Crippen LogP contribution in [0.5, 0.6) is 0 Å². The van der Waals surface area contributed by atoms with E-state index >= 15 is 0 Å². The Morgan fingerprint density at radius 1 is 1.23 bits per heavy atom. The first-order chi connectivity index (χ1) is 5.95.